The van der Waals surface area contributed by atoms with Gasteiger partial charge in [-0.15, -0.1) is 0 Å². The van der Waals surface area contributed by atoms with E-state index in [0.717, 1.165) is 28.9 Å². The zero-order chi connectivity index (χ0) is 28.7. The van der Waals surface area contributed by atoms with Gasteiger partial charge in [0.05, 0.1) is 16.8 Å². The molecule has 0 amide bonds. The summed E-state index contributed by atoms with van der Waals surface area (Å²) >= 11 is 0. The largest absolute Gasteiger partial charge is 0.308 e. The average Bonchev–Trinajstić information content (AvgIpc) is 3.36. The Kier molecular flexibility index (Phi) is 7.78. The van der Waals surface area contributed by atoms with Crippen LogP contribution in [0.4, 0.5) is 4.39 Å². The summed E-state index contributed by atoms with van der Waals surface area (Å²) in [6.45, 7) is 8.56. The van der Waals surface area contributed by atoms with E-state index in [1.165, 1.54) is 17.7 Å². The summed E-state index contributed by atoms with van der Waals surface area (Å²) in [5.41, 5.74) is 4.61. The third kappa shape index (κ3) is 5.52. The molecule has 0 radical (unpaired) electrons. The van der Waals surface area contributed by atoms with E-state index in [2.05, 4.69) is 47.3 Å². The van der Waals surface area contributed by atoms with Crippen LogP contribution < -0.4 is 5.32 Å². The van der Waals surface area contributed by atoms with Crippen molar-refractivity contribution in [2.24, 2.45) is 5.41 Å². The second kappa shape index (κ2) is 10.9. The number of likely N-dealkylation sites (N-methyl/N-ethyl adjacent to an activating group) is 1. The molecular formula is C31H40FN5O2S. The number of rotatable bonds is 8. The quantitative estimate of drug-likeness (QED) is 0.412. The Morgan fingerprint density at radius 3 is 2.48 bits per heavy atom. The Morgan fingerprint density at radius 1 is 1.12 bits per heavy atom. The highest BCUT2D eigenvalue weighted by Crippen LogP contribution is 2.51. The molecule has 1 aliphatic carbocycles. The van der Waals surface area contributed by atoms with E-state index >= 15 is 0 Å². The summed E-state index contributed by atoms with van der Waals surface area (Å²) in [7, 11) is 0.302. The summed E-state index contributed by atoms with van der Waals surface area (Å²) < 4.78 is 43.8. The molecule has 2 aliphatic rings. The van der Waals surface area contributed by atoms with Crippen LogP contribution in [0.1, 0.15) is 55.6 Å². The molecule has 7 nitrogen and oxygen atoms in total. The van der Waals surface area contributed by atoms with Gasteiger partial charge in [-0.3, -0.25) is 5.10 Å². The summed E-state index contributed by atoms with van der Waals surface area (Å²) in [4.78, 5) is 2.42. The molecule has 0 spiro atoms. The van der Waals surface area contributed by atoms with Gasteiger partial charge in [-0.2, -0.15) is 9.40 Å². The van der Waals surface area contributed by atoms with Crippen LogP contribution in [-0.4, -0.2) is 68.1 Å². The number of benzene rings is 2. The fraction of sp³-hybridized carbons (Fsp3) is 0.452. The second-order valence-electron chi connectivity index (χ2n) is 12.4. The normalized spacial score (nSPS) is 20.6. The number of aromatic nitrogens is 2. The molecule has 0 saturated carbocycles. The Hall–Kier alpha value is -2.85. The number of hydrogen-bond donors (Lipinski definition) is 2. The predicted molar refractivity (Wildman–Crippen MR) is 157 cm³/mol. The monoisotopic (exact) mass is 565 g/mol. The summed E-state index contributed by atoms with van der Waals surface area (Å²) in [5, 5.41) is 11.1. The maximum absolute atomic E-state index is 14.1. The van der Waals surface area contributed by atoms with Gasteiger partial charge in [0, 0.05) is 37.6 Å². The van der Waals surface area contributed by atoms with Crippen LogP contribution in [0.5, 0.6) is 0 Å². The first-order valence-electron chi connectivity index (χ1n) is 13.9. The molecule has 1 fully saturated rings. The molecule has 214 valence electrons. The minimum atomic E-state index is -3.75. The smallest absolute Gasteiger partial charge is 0.243 e. The predicted octanol–water partition coefficient (Wildman–Crippen LogP) is 4.76. The molecule has 2 aromatic carbocycles. The summed E-state index contributed by atoms with van der Waals surface area (Å²) in [6.07, 6.45) is 5.21. The second-order valence-corrected chi connectivity index (χ2v) is 14.4. The lowest BCUT2D eigenvalue weighted by molar-refractivity contribution is 0.150. The van der Waals surface area contributed by atoms with Gasteiger partial charge in [0.2, 0.25) is 10.0 Å². The molecular weight excluding hydrogens is 525 g/mol. The van der Waals surface area contributed by atoms with Gasteiger partial charge < -0.3 is 10.2 Å². The highest BCUT2D eigenvalue weighted by Gasteiger charge is 2.50. The van der Waals surface area contributed by atoms with Crippen LogP contribution >= 0.6 is 0 Å². The first kappa shape index (κ1) is 28.7. The number of nitrogens with zero attached hydrogens (tertiary/aromatic N) is 3. The van der Waals surface area contributed by atoms with E-state index in [1.54, 1.807) is 16.4 Å². The van der Waals surface area contributed by atoms with Crippen LogP contribution in [0.15, 0.2) is 65.2 Å². The van der Waals surface area contributed by atoms with Crippen molar-refractivity contribution in [3.63, 3.8) is 0 Å². The summed E-state index contributed by atoms with van der Waals surface area (Å²) in [6, 6.07) is 13.7. The first-order chi connectivity index (χ1) is 18.9. The van der Waals surface area contributed by atoms with Crippen molar-refractivity contribution >= 4 is 16.1 Å². The van der Waals surface area contributed by atoms with Gasteiger partial charge in [-0.05, 0) is 79.4 Å². The minimum Gasteiger partial charge on any atom is -0.308 e. The number of sulfonamides is 1. The first-order valence-corrected chi connectivity index (χ1v) is 15.3. The number of H-pyrrole nitrogens is 1. The van der Waals surface area contributed by atoms with Crippen molar-refractivity contribution in [2.45, 2.75) is 50.0 Å². The van der Waals surface area contributed by atoms with Crippen LogP contribution in [0.2, 0.25) is 0 Å². The SMILES string of the molecule is CN(C)CCN[C@@H](c1ccc(F)cc1)C12Cc3cn[nH]c3C=C1CCN(S(=O)(=O)c1ccc(C(C)(C)C)cc1)C2. The number of piperidine rings is 1. The highest BCUT2D eigenvalue weighted by atomic mass is 32.2. The van der Waals surface area contributed by atoms with Gasteiger partial charge in [-0.25, -0.2) is 12.8 Å². The molecule has 0 bridgehead atoms. The van der Waals surface area contributed by atoms with E-state index < -0.39 is 15.4 Å². The number of fused-ring (bicyclic) bond motifs is 2. The van der Waals surface area contributed by atoms with Crippen molar-refractivity contribution in [3.05, 3.63) is 88.5 Å². The molecule has 1 unspecified atom stereocenters. The standard InChI is InChI=1S/C31H40FN5O2S/c1-30(2,3)24-8-12-27(13-9-24)40(38,39)37-16-14-25-18-28-23(20-34-35-28)19-31(25,21-37)29(33-15-17-36(4)5)22-6-10-26(32)11-7-22/h6-13,18,20,29,33H,14-17,19,21H2,1-5H3,(H,34,35)/t29-,31?/m0/s1. The zero-order valence-electron chi connectivity index (χ0n) is 24.0. The lowest BCUT2D eigenvalue weighted by Crippen LogP contribution is -2.55. The lowest BCUT2D eigenvalue weighted by Gasteiger charge is -2.50. The minimum absolute atomic E-state index is 0.0673. The molecule has 2 heterocycles. The molecule has 2 N–H and O–H groups in total. The van der Waals surface area contributed by atoms with Gasteiger partial charge >= 0.3 is 0 Å². The van der Waals surface area contributed by atoms with Crippen LogP contribution in [0.25, 0.3) is 6.08 Å². The average molecular weight is 566 g/mol. The van der Waals surface area contributed by atoms with E-state index in [9.17, 15) is 12.8 Å². The van der Waals surface area contributed by atoms with E-state index in [0.29, 0.717) is 37.4 Å². The lowest BCUT2D eigenvalue weighted by atomic mass is 9.63. The molecule has 3 aromatic rings. The van der Waals surface area contributed by atoms with Gasteiger partial charge in [-0.1, -0.05) is 50.6 Å². The Labute approximate surface area is 237 Å². The molecule has 9 heteroatoms. The third-order valence-corrected chi connectivity index (χ3v) is 10.2. The maximum atomic E-state index is 14.1. The molecule has 2 atom stereocenters. The van der Waals surface area contributed by atoms with Crippen LogP contribution in [0, 0.1) is 11.2 Å². The van der Waals surface area contributed by atoms with Crippen molar-refractivity contribution in [2.75, 3.05) is 40.3 Å². The van der Waals surface area contributed by atoms with E-state index in [4.69, 9.17) is 0 Å². The van der Waals surface area contributed by atoms with Crippen molar-refractivity contribution in [3.8, 4) is 0 Å². The zero-order valence-corrected chi connectivity index (χ0v) is 24.9. The number of aromatic amines is 1. The fourth-order valence-electron chi connectivity index (χ4n) is 6.06. The molecule has 1 aliphatic heterocycles. The number of halogens is 1. The van der Waals surface area contributed by atoms with Gasteiger partial charge in [0.15, 0.2) is 0 Å². The molecule has 40 heavy (non-hydrogen) atoms. The van der Waals surface area contributed by atoms with Gasteiger partial charge in [0.1, 0.15) is 5.82 Å². The molecule has 5 rings (SSSR count). The van der Waals surface area contributed by atoms with Crippen LogP contribution in [-0.2, 0) is 21.9 Å². The molecule has 1 aromatic heterocycles. The highest BCUT2D eigenvalue weighted by molar-refractivity contribution is 7.89. The third-order valence-electron chi connectivity index (χ3n) is 8.33. The number of nitrogens with one attached hydrogen (secondary N) is 2. The summed E-state index contributed by atoms with van der Waals surface area (Å²) in [5.74, 6) is -0.295. The van der Waals surface area contributed by atoms with E-state index in [1.807, 2.05) is 44.6 Å². The Morgan fingerprint density at radius 2 is 1.82 bits per heavy atom. The van der Waals surface area contributed by atoms with Crippen LogP contribution in [0.3, 0.4) is 0 Å². The van der Waals surface area contributed by atoms with Gasteiger partial charge in [0.25, 0.3) is 0 Å². The van der Waals surface area contributed by atoms with Crippen molar-refractivity contribution in [1.29, 1.82) is 0 Å². The van der Waals surface area contributed by atoms with Crippen molar-refractivity contribution in [1.82, 2.24) is 24.7 Å². The Bertz CT molecular complexity index is 1470. The topological polar surface area (TPSA) is 81.3 Å². The number of hydrogen-bond acceptors (Lipinski definition) is 5. The Balaban J connectivity index is 1.57. The molecule has 1 saturated heterocycles. The fourth-order valence-corrected chi connectivity index (χ4v) is 7.57. The van der Waals surface area contributed by atoms with Crippen molar-refractivity contribution < 1.29 is 12.8 Å². The van der Waals surface area contributed by atoms with E-state index in [-0.39, 0.29) is 17.3 Å². The maximum Gasteiger partial charge on any atom is 0.243 e.